The van der Waals surface area contributed by atoms with Crippen LogP contribution in [0.3, 0.4) is 0 Å². The normalized spacial score (nSPS) is 11.1. The molecule has 156 valence electrons. The minimum Gasteiger partial charge on any atom is -0.493 e. The van der Waals surface area contributed by atoms with Gasteiger partial charge in [-0.25, -0.2) is 0 Å². The molecule has 2 amide bonds. The summed E-state index contributed by atoms with van der Waals surface area (Å²) < 4.78 is 46.7. The Hall–Kier alpha value is -3.23. The Morgan fingerprint density at radius 1 is 1.10 bits per heavy atom. The first-order valence-corrected chi connectivity index (χ1v) is 8.66. The number of anilines is 1. The first-order valence-electron chi connectivity index (χ1n) is 8.66. The molecule has 0 radical (unpaired) electrons. The zero-order chi connectivity index (χ0) is 21.6. The molecule has 0 aliphatic rings. The Labute approximate surface area is 165 Å². The van der Waals surface area contributed by atoms with Crippen molar-refractivity contribution < 1.29 is 32.2 Å². The Bertz CT molecular complexity index is 898. The number of rotatable bonds is 8. The van der Waals surface area contributed by atoms with Crippen LogP contribution in [0.15, 0.2) is 36.4 Å². The first-order chi connectivity index (χ1) is 13.6. The van der Waals surface area contributed by atoms with E-state index >= 15 is 0 Å². The SMILES string of the molecule is COc1cc(CCC(=O)Nc2ccc(C(N)=O)c(C)c2)ccc1OCC(F)(F)F. The van der Waals surface area contributed by atoms with Crippen molar-refractivity contribution in [3.8, 4) is 11.5 Å². The molecule has 0 atom stereocenters. The molecule has 0 aromatic heterocycles. The topological polar surface area (TPSA) is 90.6 Å². The summed E-state index contributed by atoms with van der Waals surface area (Å²) in [6.45, 7) is 0.295. The summed E-state index contributed by atoms with van der Waals surface area (Å²) in [5, 5.41) is 2.72. The average molecular weight is 410 g/mol. The van der Waals surface area contributed by atoms with Gasteiger partial charge in [-0.15, -0.1) is 0 Å². The van der Waals surface area contributed by atoms with Gasteiger partial charge in [-0.1, -0.05) is 6.07 Å². The van der Waals surface area contributed by atoms with Crippen LogP contribution in [0.2, 0.25) is 0 Å². The van der Waals surface area contributed by atoms with Crippen LogP contribution in [0.25, 0.3) is 0 Å². The van der Waals surface area contributed by atoms with E-state index in [0.29, 0.717) is 28.8 Å². The minimum atomic E-state index is -4.45. The maximum atomic E-state index is 12.3. The molecule has 3 N–H and O–H groups in total. The summed E-state index contributed by atoms with van der Waals surface area (Å²) in [5.74, 6) is -0.669. The number of amides is 2. The van der Waals surface area contributed by atoms with Gasteiger partial charge in [0, 0.05) is 17.7 Å². The smallest absolute Gasteiger partial charge is 0.422 e. The number of hydrogen-bond donors (Lipinski definition) is 2. The minimum absolute atomic E-state index is 0.0250. The molecule has 0 aliphatic carbocycles. The Kier molecular flexibility index (Phi) is 7.08. The Balaban J connectivity index is 1.96. The van der Waals surface area contributed by atoms with E-state index in [1.807, 2.05) is 0 Å². The number of hydrogen-bond acceptors (Lipinski definition) is 4. The third kappa shape index (κ3) is 6.70. The maximum Gasteiger partial charge on any atom is 0.422 e. The second-order valence-corrected chi connectivity index (χ2v) is 6.33. The number of carbonyl (C=O) groups excluding carboxylic acids is 2. The number of primary amides is 1. The molecule has 0 heterocycles. The van der Waals surface area contributed by atoms with Gasteiger partial charge in [0.25, 0.3) is 0 Å². The van der Waals surface area contributed by atoms with Crippen LogP contribution in [-0.2, 0) is 11.2 Å². The Morgan fingerprint density at radius 2 is 1.83 bits per heavy atom. The predicted octanol–water partition coefficient (Wildman–Crippen LogP) is 3.61. The molecule has 0 fully saturated rings. The number of nitrogens with two attached hydrogens (primary N) is 1. The molecular formula is C20H21F3N2O4. The van der Waals surface area contributed by atoms with Gasteiger partial charge in [-0.2, -0.15) is 13.2 Å². The molecule has 2 aromatic carbocycles. The highest BCUT2D eigenvalue weighted by molar-refractivity contribution is 5.96. The number of alkyl halides is 3. The summed E-state index contributed by atoms with van der Waals surface area (Å²) in [6.07, 6.45) is -3.96. The van der Waals surface area contributed by atoms with Crippen LogP contribution in [0.1, 0.15) is 27.9 Å². The van der Waals surface area contributed by atoms with Gasteiger partial charge in [0.1, 0.15) is 0 Å². The molecular weight excluding hydrogens is 389 g/mol. The second-order valence-electron chi connectivity index (χ2n) is 6.33. The molecule has 6 nitrogen and oxygen atoms in total. The third-order valence-corrected chi connectivity index (χ3v) is 4.04. The highest BCUT2D eigenvalue weighted by Gasteiger charge is 2.29. The van der Waals surface area contributed by atoms with Crippen molar-refractivity contribution in [2.24, 2.45) is 5.73 Å². The summed E-state index contributed by atoms with van der Waals surface area (Å²) in [6, 6.07) is 9.26. The van der Waals surface area contributed by atoms with Crippen molar-refractivity contribution in [2.45, 2.75) is 25.9 Å². The lowest BCUT2D eigenvalue weighted by Crippen LogP contribution is -2.19. The van der Waals surface area contributed by atoms with Crippen molar-refractivity contribution in [1.29, 1.82) is 0 Å². The fraction of sp³-hybridized carbons (Fsp3) is 0.300. The van der Waals surface area contributed by atoms with Gasteiger partial charge in [0.2, 0.25) is 11.8 Å². The zero-order valence-corrected chi connectivity index (χ0v) is 15.9. The van der Waals surface area contributed by atoms with E-state index in [-0.39, 0.29) is 23.8 Å². The highest BCUT2D eigenvalue weighted by atomic mass is 19.4. The van der Waals surface area contributed by atoms with Gasteiger partial charge in [0.15, 0.2) is 18.1 Å². The van der Waals surface area contributed by atoms with Crippen LogP contribution in [0.5, 0.6) is 11.5 Å². The predicted molar refractivity (Wildman–Crippen MR) is 101 cm³/mol. The van der Waals surface area contributed by atoms with Gasteiger partial charge in [-0.3, -0.25) is 9.59 Å². The lowest BCUT2D eigenvalue weighted by molar-refractivity contribution is -0.153. The van der Waals surface area contributed by atoms with E-state index in [2.05, 4.69) is 5.32 Å². The van der Waals surface area contributed by atoms with Crippen LogP contribution in [-0.4, -0.2) is 31.7 Å². The summed E-state index contributed by atoms with van der Waals surface area (Å²) in [7, 11) is 1.32. The van der Waals surface area contributed by atoms with E-state index in [4.69, 9.17) is 15.2 Å². The quantitative estimate of drug-likeness (QED) is 0.696. The molecule has 0 saturated carbocycles. The van der Waals surface area contributed by atoms with E-state index < -0.39 is 18.7 Å². The van der Waals surface area contributed by atoms with Gasteiger partial charge >= 0.3 is 6.18 Å². The molecule has 0 spiro atoms. The first kappa shape index (κ1) is 22.1. The highest BCUT2D eigenvalue weighted by Crippen LogP contribution is 2.30. The third-order valence-electron chi connectivity index (χ3n) is 4.04. The molecule has 0 aliphatic heterocycles. The van der Waals surface area contributed by atoms with Gasteiger partial charge < -0.3 is 20.5 Å². The number of methoxy groups -OCH3 is 1. The standard InChI is InChI=1S/C20H21F3N2O4/c1-12-9-14(5-6-15(12)19(24)27)25-18(26)8-4-13-3-7-16(17(10-13)28-2)29-11-20(21,22)23/h3,5-7,9-10H,4,8,11H2,1-2H3,(H2,24,27)(H,25,26). The number of ether oxygens (including phenoxy) is 2. The van der Waals surface area contributed by atoms with Gasteiger partial charge in [-0.05, 0) is 54.8 Å². The summed E-state index contributed by atoms with van der Waals surface area (Å²) >= 11 is 0. The van der Waals surface area contributed by atoms with Gasteiger partial charge in [0.05, 0.1) is 7.11 Å². The fourth-order valence-electron chi connectivity index (χ4n) is 2.65. The molecule has 2 aromatic rings. The van der Waals surface area contributed by atoms with Crippen molar-refractivity contribution >= 4 is 17.5 Å². The Morgan fingerprint density at radius 3 is 2.41 bits per heavy atom. The van der Waals surface area contributed by atoms with Crippen molar-refractivity contribution in [2.75, 3.05) is 19.0 Å². The number of aryl methyl sites for hydroxylation is 2. The number of nitrogens with one attached hydrogen (secondary N) is 1. The van der Waals surface area contributed by atoms with Crippen LogP contribution in [0, 0.1) is 6.92 Å². The van der Waals surface area contributed by atoms with Crippen LogP contribution >= 0.6 is 0 Å². The van der Waals surface area contributed by atoms with E-state index in [9.17, 15) is 22.8 Å². The number of halogens is 3. The molecule has 9 heteroatoms. The lowest BCUT2D eigenvalue weighted by atomic mass is 10.1. The van der Waals surface area contributed by atoms with Crippen molar-refractivity contribution in [3.05, 3.63) is 53.1 Å². The largest absolute Gasteiger partial charge is 0.493 e. The van der Waals surface area contributed by atoms with E-state index in [1.54, 1.807) is 25.1 Å². The number of benzene rings is 2. The molecule has 0 bridgehead atoms. The monoisotopic (exact) mass is 410 g/mol. The average Bonchev–Trinajstić information content (AvgIpc) is 2.64. The van der Waals surface area contributed by atoms with Crippen molar-refractivity contribution in [3.63, 3.8) is 0 Å². The van der Waals surface area contributed by atoms with Crippen molar-refractivity contribution in [1.82, 2.24) is 0 Å². The molecule has 29 heavy (non-hydrogen) atoms. The fourth-order valence-corrected chi connectivity index (χ4v) is 2.65. The van der Waals surface area contributed by atoms with E-state index in [1.165, 1.54) is 25.3 Å². The second kappa shape index (κ2) is 9.31. The van der Waals surface area contributed by atoms with E-state index in [0.717, 1.165) is 0 Å². The number of carbonyl (C=O) groups is 2. The maximum absolute atomic E-state index is 12.3. The molecule has 0 unspecified atom stereocenters. The van der Waals surface area contributed by atoms with Crippen LogP contribution in [0.4, 0.5) is 18.9 Å². The molecule has 2 rings (SSSR count). The molecule has 0 saturated heterocycles. The lowest BCUT2D eigenvalue weighted by Gasteiger charge is -2.13. The zero-order valence-electron chi connectivity index (χ0n) is 15.9. The van der Waals surface area contributed by atoms with Crippen LogP contribution < -0.4 is 20.5 Å². The summed E-state index contributed by atoms with van der Waals surface area (Å²) in [5.41, 5.74) is 7.52. The summed E-state index contributed by atoms with van der Waals surface area (Å²) in [4.78, 5) is 23.4.